The summed E-state index contributed by atoms with van der Waals surface area (Å²) in [6.07, 6.45) is 7.11. The molecule has 0 aromatic carbocycles. The second-order valence-corrected chi connectivity index (χ2v) is 4.15. The second kappa shape index (κ2) is 3.04. The zero-order valence-electron chi connectivity index (χ0n) is 7.51. The van der Waals surface area contributed by atoms with E-state index in [1.54, 1.807) is 0 Å². The summed E-state index contributed by atoms with van der Waals surface area (Å²) in [5.41, 5.74) is 1.17. The molecule has 0 heterocycles. The van der Waals surface area contributed by atoms with Gasteiger partial charge in [0.25, 0.3) is 0 Å². The van der Waals surface area contributed by atoms with Gasteiger partial charge in [-0.15, -0.1) is 0 Å². The molecule has 2 fully saturated rings. The summed E-state index contributed by atoms with van der Waals surface area (Å²) >= 11 is 0. The second-order valence-electron chi connectivity index (χ2n) is 4.15. The molecule has 0 aromatic heterocycles. The molecule has 0 saturated heterocycles. The Morgan fingerprint density at radius 1 is 1.25 bits per heavy atom. The van der Waals surface area contributed by atoms with Crippen LogP contribution in [0.15, 0.2) is 12.2 Å². The fraction of sp³-hybridized carbons (Fsp3) is 0.727. The van der Waals surface area contributed by atoms with Gasteiger partial charge in [0.1, 0.15) is 5.78 Å². The molecule has 0 aliphatic heterocycles. The molecule has 0 aromatic rings. The van der Waals surface area contributed by atoms with E-state index in [1.165, 1.54) is 24.8 Å². The summed E-state index contributed by atoms with van der Waals surface area (Å²) in [5, 5.41) is 0. The van der Waals surface area contributed by atoms with Crippen LogP contribution in [0, 0.1) is 11.8 Å². The molecule has 1 heteroatoms. The molecule has 0 bridgehead atoms. The normalized spacial score (nSPS) is 30.3. The van der Waals surface area contributed by atoms with Crippen molar-refractivity contribution in [2.75, 3.05) is 0 Å². The van der Waals surface area contributed by atoms with Gasteiger partial charge in [0.05, 0.1) is 0 Å². The number of Topliss-reactive ketones (excluding diaryl/α,β-unsaturated/α-hetero) is 1. The van der Waals surface area contributed by atoms with Crippen LogP contribution in [0.1, 0.15) is 38.5 Å². The number of allylic oxidation sites excluding steroid dienone is 1. The number of hydrogen-bond acceptors (Lipinski definition) is 1. The lowest BCUT2D eigenvalue weighted by Crippen LogP contribution is -2.19. The van der Waals surface area contributed by atoms with Crippen LogP contribution in [0.3, 0.4) is 0 Å². The quantitative estimate of drug-likeness (QED) is 0.573. The molecule has 2 saturated carbocycles. The van der Waals surface area contributed by atoms with Crippen LogP contribution >= 0.6 is 0 Å². The lowest BCUT2D eigenvalue weighted by molar-refractivity contribution is -0.124. The van der Waals surface area contributed by atoms with E-state index in [0.29, 0.717) is 11.7 Å². The molecule has 0 amide bonds. The summed E-state index contributed by atoms with van der Waals surface area (Å²) < 4.78 is 0. The highest BCUT2D eigenvalue weighted by molar-refractivity contribution is 5.89. The van der Waals surface area contributed by atoms with E-state index in [0.717, 1.165) is 19.3 Å². The van der Waals surface area contributed by atoms with Gasteiger partial charge in [-0.2, -0.15) is 0 Å². The fourth-order valence-electron chi connectivity index (χ4n) is 2.18. The van der Waals surface area contributed by atoms with Gasteiger partial charge < -0.3 is 0 Å². The number of ketones is 1. The topological polar surface area (TPSA) is 17.1 Å². The first-order valence-electron chi connectivity index (χ1n) is 5.00. The molecule has 0 N–H and O–H groups in total. The highest BCUT2D eigenvalue weighted by atomic mass is 16.1. The van der Waals surface area contributed by atoms with Crippen LogP contribution in [0.2, 0.25) is 0 Å². The number of carbonyl (C=O) groups is 1. The molecule has 1 nitrogen and oxygen atoms in total. The summed E-state index contributed by atoms with van der Waals surface area (Å²) in [7, 11) is 0. The lowest BCUT2D eigenvalue weighted by atomic mass is 9.84. The first-order valence-corrected chi connectivity index (χ1v) is 5.00. The first kappa shape index (κ1) is 8.03. The lowest BCUT2D eigenvalue weighted by Gasteiger charge is -2.19. The number of hydrogen-bond donors (Lipinski definition) is 0. The van der Waals surface area contributed by atoms with Crippen molar-refractivity contribution in [3.8, 4) is 0 Å². The molecule has 12 heavy (non-hydrogen) atoms. The van der Waals surface area contributed by atoms with Crippen LogP contribution in [-0.2, 0) is 4.79 Å². The van der Waals surface area contributed by atoms with Crippen molar-refractivity contribution in [1.82, 2.24) is 0 Å². The maximum atomic E-state index is 11.7. The molecule has 2 aliphatic carbocycles. The van der Waals surface area contributed by atoms with Gasteiger partial charge >= 0.3 is 0 Å². The zero-order valence-corrected chi connectivity index (χ0v) is 7.51. The van der Waals surface area contributed by atoms with Crippen molar-refractivity contribution >= 4 is 5.78 Å². The number of rotatable bonds is 2. The number of carbonyl (C=O) groups excluding carboxylic acids is 1. The molecule has 0 spiro atoms. The summed E-state index contributed by atoms with van der Waals surface area (Å²) in [6, 6.07) is 0. The largest absolute Gasteiger partial charge is 0.299 e. The Morgan fingerprint density at radius 3 is 2.33 bits per heavy atom. The zero-order chi connectivity index (χ0) is 8.55. The van der Waals surface area contributed by atoms with Crippen LogP contribution in [0.25, 0.3) is 0 Å². The highest BCUT2D eigenvalue weighted by Crippen LogP contribution is 2.41. The van der Waals surface area contributed by atoms with Crippen molar-refractivity contribution in [3.05, 3.63) is 12.2 Å². The average molecular weight is 164 g/mol. The molecule has 2 aliphatic rings. The van der Waals surface area contributed by atoms with Crippen molar-refractivity contribution in [3.63, 3.8) is 0 Å². The molecule has 1 atom stereocenters. The Bertz CT molecular complexity index is 211. The third-order valence-electron chi connectivity index (χ3n) is 3.15. The minimum Gasteiger partial charge on any atom is -0.299 e. The van der Waals surface area contributed by atoms with Gasteiger partial charge in [-0.1, -0.05) is 31.4 Å². The van der Waals surface area contributed by atoms with Gasteiger partial charge in [0.15, 0.2) is 0 Å². The smallest absolute Gasteiger partial charge is 0.143 e. The Labute approximate surface area is 73.8 Å². The maximum Gasteiger partial charge on any atom is 0.143 e. The third-order valence-corrected chi connectivity index (χ3v) is 3.15. The van der Waals surface area contributed by atoms with Crippen LogP contribution in [0.4, 0.5) is 0 Å². The third kappa shape index (κ3) is 1.45. The predicted octanol–water partition coefficient (Wildman–Crippen LogP) is 2.71. The molecule has 66 valence electrons. The maximum absolute atomic E-state index is 11.7. The van der Waals surface area contributed by atoms with E-state index in [-0.39, 0.29) is 5.92 Å². The van der Waals surface area contributed by atoms with Crippen molar-refractivity contribution < 1.29 is 4.79 Å². The van der Waals surface area contributed by atoms with Gasteiger partial charge in [-0.3, -0.25) is 4.79 Å². The minimum absolute atomic E-state index is 0.271. The fourth-order valence-corrected chi connectivity index (χ4v) is 2.18. The van der Waals surface area contributed by atoms with Gasteiger partial charge in [0.2, 0.25) is 0 Å². The Kier molecular flexibility index (Phi) is 2.03. The van der Waals surface area contributed by atoms with Crippen LogP contribution < -0.4 is 0 Å². The SMILES string of the molecule is C=C1CC1C(=O)C1CCCCC1. The van der Waals surface area contributed by atoms with Crippen LogP contribution in [0.5, 0.6) is 0 Å². The van der Waals surface area contributed by atoms with E-state index in [1.807, 2.05) is 0 Å². The first-order chi connectivity index (χ1) is 5.79. The van der Waals surface area contributed by atoms with Crippen molar-refractivity contribution in [2.24, 2.45) is 11.8 Å². The Morgan fingerprint density at radius 2 is 1.83 bits per heavy atom. The van der Waals surface area contributed by atoms with Crippen molar-refractivity contribution in [1.29, 1.82) is 0 Å². The van der Waals surface area contributed by atoms with Gasteiger partial charge in [-0.25, -0.2) is 0 Å². The van der Waals surface area contributed by atoms with Crippen LogP contribution in [-0.4, -0.2) is 5.78 Å². The van der Waals surface area contributed by atoms with Gasteiger partial charge in [0, 0.05) is 11.8 Å². The monoisotopic (exact) mass is 164 g/mol. The summed E-state index contributed by atoms with van der Waals surface area (Å²) in [4.78, 5) is 11.7. The van der Waals surface area contributed by atoms with Crippen molar-refractivity contribution in [2.45, 2.75) is 38.5 Å². The summed E-state index contributed by atoms with van der Waals surface area (Å²) in [6.45, 7) is 3.84. The average Bonchev–Trinajstić information content (AvgIpc) is 2.83. The van der Waals surface area contributed by atoms with E-state index < -0.39 is 0 Å². The van der Waals surface area contributed by atoms with Gasteiger partial charge in [-0.05, 0) is 19.3 Å². The van der Waals surface area contributed by atoms with E-state index >= 15 is 0 Å². The Hall–Kier alpha value is -0.590. The standard InChI is InChI=1S/C11H16O/c1-8-7-10(8)11(12)9-5-3-2-4-6-9/h9-10H,1-7H2. The molecule has 0 radical (unpaired) electrons. The summed E-state index contributed by atoms with van der Waals surface area (Å²) in [5.74, 6) is 1.16. The molecule has 1 unspecified atom stereocenters. The Balaban J connectivity index is 1.90. The molecular weight excluding hydrogens is 148 g/mol. The minimum atomic E-state index is 0.271. The molecule has 2 rings (SSSR count). The predicted molar refractivity (Wildman–Crippen MR) is 48.8 cm³/mol. The van der Waals surface area contributed by atoms with E-state index in [9.17, 15) is 4.79 Å². The van der Waals surface area contributed by atoms with E-state index in [2.05, 4.69) is 6.58 Å². The highest BCUT2D eigenvalue weighted by Gasteiger charge is 2.38. The van der Waals surface area contributed by atoms with E-state index in [4.69, 9.17) is 0 Å². The molecular formula is C11H16O.